The molecule has 8 heteroatoms. The highest BCUT2D eigenvalue weighted by atomic mass is 35.5. The summed E-state index contributed by atoms with van der Waals surface area (Å²) >= 11 is 11.9. The van der Waals surface area contributed by atoms with Crippen LogP contribution in [0.5, 0.6) is 0 Å². The highest BCUT2D eigenvalue weighted by Crippen LogP contribution is 2.25. The summed E-state index contributed by atoms with van der Waals surface area (Å²) in [5, 5.41) is 13.1. The molecule has 1 aliphatic heterocycles. The zero-order valence-electron chi connectivity index (χ0n) is 13.1. The summed E-state index contributed by atoms with van der Waals surface area (Å²) in [6.45, 7) is 4.11. The van der Waals surface area contributed by atoms with E-state index >= 15 is 0 Å². The monoisotopic (exact) mass is 367 g/mol. The molecule has 3 N–H and O–H groups in total. The maximum absolute atomic E-state index is 12.5. The molecule has 1 saturated heterocycles. The number of hydrogen-bond acceptors (Lipinski definition) is 5. The van der Waals surface area contributed by atoms with E-state index in [9.17, 15) is 10.1 Å². The maximum atomic E-state index is 12.5. The van der Waals surface area contributed by atoms with Crippen LogP contribution in [0.2, 0.25) is 10.0 Å². The molecular weight excluding hydrogens is 349 g/mol. The van der Waals surface area contributed by atoms with E-state index in [-0.39, 0.29) is 11.5 Å². The number of nitrogens with one attached hydrogen (secondary N) is 1. The molecule has 1 aliphatic rings. The zero-order valence-corrected chi connectivity index (χ0v) is 14.6. The third kappa shape index (κ3) is 4.86. The topological polar surface area (TPSA) is 85.4 Å². The van der Waals surface area contributed by atoms with Crippen molar-refractivity contribution in [1.29, 1.82) is 5.26 Å². The number of nitriles is 1. The van der Waals surface area contributed by atoms with Crippen LogP contribution in [0.25, 0.3) is 0 Å². The first-order valence-corrected chi connectivity index (χ1v) is 8.34. The average molecular weight is 368 g/mol. The average Bonchev–Trinajstić information content (AvgIpc) is 2.58. The van der Waals surface area contributed by atoms with E-state index in [1.807, 2.05) is 6.07 Å². The predicted octanol–water partition coefficient (Wildman–Crippen LogP) is 1.92. The Kier molecular flexibility index (Phi) is 6.88. The standard InChI is InChI=1S/C16H19Cl2N5O/c17-13-1-2-15(14(18)9-13)21-11-12(10-20)16(24)23-7-5-22(4-3-19)6-8-23/h1-2,9,11,21H,3-8,19H2/b12-11-. The lowest BCUT2D eigenvalue weighted by molar-refractivity contribution is -0.128. The minimum Gasteiger partial charge on any atom is -0.359 e. The molecule has 0 aliphatic carbocycles. The van der Waals surface area contributed by atoms with Crippen molar-refractivity contribution in [2.75, 3.05) is 44.6 Å². The van der Waals surface area contributed by atoms with Crippen LogP contribution < -0.4 is 11.1 Å². The molecule has 128 valence electrons. The van der Waals surface area contributed by atoms with Gasteiger partial charge in [-0.2, -0.15) is 5.26 Å². The van der Waals surface area contributed by atoms with Gasteiger partial charge in [-0.15, -0.1) is 0 Å². The molecule has 1 aromatic carbocycles. The van der Waals surface area contributed by atoms with Crippen molar-refractivity contribution < 1.29 is 4.79 Å². The number of anilines is 1. The van der Waals surface area contributed by atoms with Gasteiger partial charge in [-0.05, 0) is 18.2 Å². The van der Waals surface area contributed by atoms with Crippen LogP contribution in [0.4, 0.5) is 5.69 Å². The van der Waals surface area contributed by atoms with Crippen LogP contribution in [0, 0.1) is 11.3 Å². The Labute approximate surface area is 151 Å². The van der Waals surface area contributed by atoms with Gasteiger partial charge in [0, 0.05) is 50.5 Å². The first-order chi connectivity index (χ1) is 11.5. The Morgan fingerprint density at radius 3 is 2.62 bits per heavy atom. The van der Waals surface area contributed by atoms with Gasteiger partial charge in [0.2, 0.25) is 0 Å². The van der Waals surface area contributed by atoms with Gasteiger partial charge in [-0.25, -0.2) is 0 Å². The van der Waals surface area contributed by atoms with E-state index in [1.54, 1.807) is 23.1 Å². The van der Waals surface area contributed by atoms with Crippen LogP contribution in [-0.4, -0.2) is 55.0 Å². The van der Waals surface area contributed by atoms with E-state index in [0.29, 0.717) is 35.4 Å². The molecule has 2 rings (SSSR count). The number of nitrogens with two attached hydrogens (primary N) is 1. The smallest absolute Gasteiger partial charge is 0.266 e. The first kappa shape index (κ1) is 18.6. The number of carbonyl (C=O) groups is 1. The number of amides is 1. The van der Waals surface area contributed by atoms with Gasteiger partial charge in [0.1, 0.15) is 11.6 Å². The minimum absolute atomic E-state index is 0.0355. The van der Waals surface area contributed by atoms with Gasteiger partial charge in [-0.3, -0.25) is 9.69 Å². The number of halogens is 2. The minimum atomic E-state index is -0.289. The molecule has 1 aromatic rings. The summed E-state index contributed by atoms with van der Waals surface area (Å²) in [4.78, 5) is 16.3. The molecule has 0 spiro atoms. The fourth-order valence-corrected chi connectivity index (χ4v) is 2.89. The summed E-state index contributed by atoms with van der Waals surface area (Å²) in [6, 6.07) is 6.89. The highest BCUT2D eigenvalue weighted by molar-refractivity contribution is 6.36. The maximum Gasteiger partial charge on any atom is 0.266 e. The molecule has 0 saturated carbocycles. The Morgan fingerprint density at radius 2 is 2.04 bits per heavy atom. The van der Waals surface area contributed by atoms with Gasteiger partial charge >= 0.3 is 0 Å². The predicted molar refractivity (Wildman–Crippen MR) is 95.9 cm³/mol. The molecular formula is C16H19Cl2N5O. The van der Waals surface area contributed by atoms with Crippen LogP contribution in [0.15, 0.2) is 30.0 Å². The normalized spacial score (nSPS) is 15.9. The fourth-order valence-electron chi connectivity index (χ4n) is 2.43. The number of rotatable bonds is 5. The molecule has 0 unspecified atom stereocenters. The van der Waals surface area contributed by atoms with Crippen molar-refractivity contribution in [3.05, 3.63) is 40.0 Å². The van der Waals surface area contributed by atoms with E-state index in [2.05, 4.69) is 10.2 Å². The zero-order chi connectivity index (χ0) is 17.5. The summed E-state index contributed by atoms with van der Waals surface area (Å²) in [5.74, 6) is -0.289. The fraction of sp³-hybridized carbons (Fsp3) is 0.375. The molecule has 0 radical (unpaired) electrons. The second-order valence-electron chi connectivity index (χ2n) is 5.36. The summed E-state index contributed by atoms with van der Waals surface area (Å²) in [7, 11) is 0. The summed E-state index contributed by atoms with van der Waals surface area (Å²) < 4.78 is 0. The molecule has 1 heterocycles. The lowest BCUT2D eigenvalue weighted by Gasteiger charge is -2.34. The van der Waals surface area contributed by atoms with E-state index in [4.69, 9.17) is 28.9 Å². The van der Waals surface area contributed by atoms with Crippen molar-refractivity contribution in [3.8, 4) is 6.07 Å². The quantitative estimate of drug-likeness (QED) is 0.613. The van der Waals surface area contributed by atoms with Crippen LogP contribution in [-0.2, 0) is 4.79 Å². The summed E-state index contributed by atoms with van der Waals surface area (Å²) in [6.07, 6.45) is 1.38. The Morgan fingerprint density at radius 1 is 1.33 bits per heavy atom. The molecule has 0 atom stereocenters. The van der Waals surface area contributed by atoms with Gasteiger partial charge in [-0.1, -0.05) is 23.2 Å². The molecule has 0 bridgehead atoms. The Bertz CT molecular complexity index is 663. The number of carbonyl (C=O) groups excluding carboxylic acids is 1. The third-order valence-corrected chi connectivity index (χ3v) is 4.31. The third-order valence-electron chi connectivity index (χ3n) is 3.76. The lowest BCUT2D eigenvalue weighted by Crippen LogP contribution is -2.50. The van der Waals surface area contributed by atoms with Gasteiger partial charge in [0.15, 0.2) is 0 Å². The highest BCUT2D eigenvalue weighted by Gasteiger charge is 2.23. The van der Waals surface area contributed by atoms with Crippen molar-refractivity contribution in [1.82, 2.24) is 9.80 Å². The number of nitrogens with zero attached hydrogens (tertiary/aromatic N) is 3. The van der Waals surface area contributed by atoms with Gasteiger partial charge < -0.3 is 16.0 Å². The van der Waals surface area contributed by atoms with Crippen LogP contribution >= 0.6 is 23.2 Å². The first-order valence-electron chi connectivity index (χ1n) is 7.58. The second kappa shape index (κ2) is 8.90. The second-order valence-corrected chi connectivity index (χ2v) is 6.20. The number of benzene rings is 1. The number of hydrogen-bond donors (Lipinski definition) is 2. The molecule has 6 nitrogen and oxygen atoms in total. The van der Waals surface area contributed by atoms with Crippen molar-refractivity contribution in [2.24, 2.45) is 5.73 Å². The largest absolute Gasteiger partial charge is 0.359 e. The van der Waals surface area contributed by atoms with Gasteiger partial charge in [0.25, 0.3) is 5.91 Å². The van der Waals surface area contributed by atoms with Crippen molar-refractivity contribution in [3.63, 3.8) is 0 Å². The lowest BCUT2D eigenvalue weighted by atomic mass is 10.2. The van der Waals surface area contributed by atoms with E-state index in [1.165, 1.54) is 6.20 Å². The van der Waals surface area contributed by atoms with Crippen LogP contribution in [0.1, 0.15) is 0 Å². The van der Waals surface area contributed by atoms with Gasteiger partial charge in [0.05, 0.1) is 10.7 Å². The molecule has 0 aromatic heterocycles. The Hall–Kier alpha value is -1.78. The van der Waals surface area contributed by atoms with Crippen molar-refractivity contribution >= 4 is 34.8 Å². The molecule has 1 fully saturated rings. The molecule has 1 amide bonds. The summed E-state index contributed by atoms with van der Waals surface area (Å²) in [5.41, 5.74) is 6.15. The van der Waals surface area contributed by atoms with Crippen molar-refractivity contribution in [2.45, 2.75) is 0 Å². The van der Waals surface area contributed by atoms with Crippen LogP contribution in [0.3, 0.4) is 0 Å². The van der Waals surface area contributed by atoms with E-state index < -0.39 is 0 Å². The number of piperazine rings is 1. The Balaban J connectivity index is 2.00. The molecule has 24 heavy (non-hydrogen) atoms. The van der Waals surface area contributed by atoms with E-state index in [0.717, 1.165) is 19.6 Å². The SMILES string of the molecule is N#C/C(=C/Nc1ccc(Cl)cc1Cl)C(=O)N1CCN(CCN)CC1.